The summed E-state index contributed by atoms with van der Waals surface area (Å²) in [6.45, 7) is 0.167. The van der Waals surface area contributed by atoms with Crippen LogP contribution in [0.5, 0.6) is 0 Å². The van der Waals surface area contributed by atoms with Crippen LogP contribution < -0.4 is 4.90 Å². The Morgan fingerprint density at radius 3 is 2.13 bits per heavy atom. The summed E-state index contributed by atoms with van der Waals surface area (Å²) >= 11 is 0. The van der Waals surface area contributed by atoms with Gasteiger partial charge in [0, 0.05) is 29.8 Å². The molecule has 1 aliphatic rings. The van der Waals surface area contributed by atoms with Gasteiger partial charge in [-0.15, -0.1) is 0 Å². The zero-order chi connectivity index (χ0) is 16.4. The zero-order valence-corrected chi connectivity index (χ0v) is 12.3. The van der Waals surface area contributed by atoms with E-state index in [9.17, 15) is 14.4 Å². The van der Waals surface area contributed by atoms with Crippen LogP contribution in [0.15, 0.2) is 54.6 Å². The van der Waals surface area contributed by atoms with E-state index in [-0.39, 0.29) is 24.7 Å². The lowest BCUT2D eigenvalue weighted by molar-refractivity contribution is -0.141. The van der Waals surface area contributed by atoms with Crippen molar-refractivity contribution in [2.24, 2.45) is 5.92 Å². The smallest absolute Gasteiger partial charge is 0.308 e. The zero-order valence-electron chi connectivity index (χ0n) is 12.3. The second-order valence-electron chi connectivity index (χ2n) is 5.49. The van der Waals surface area contributed by atoms with E-state index in [4.69, 9.17) is 5.11 Å². The summed E-state index contributed by atoms with van der Waals surface area (Å²) in [6, 6.07) is 15.6. The molecular formula is C18H15NO4. The molecular weight excluding hydrogens is 294 g/mol. The van der Waals surface area contributed by atoms with Crippen LogP contribution in [-0.2, 0) is 9.59 Å². The van der Waals surface area contributed by atoms with Crippen molar-refractivity contribution in [1.82, 2.24) is 0 Å². The molecule has 0 aliphatic carbocycles. The van der Waals surface area contributed by atoms with Crippen molar-refractivity contribution in [2.75, 3.05) is 11.4 Å². The number of hydrogen-bond donors (Lipinski definition) is 1. The number of anilines is 1. The third-order valence-corrected chi connectivity index (χ3v) is 3.95. The number of carbonyl (C=O) groups is 3. The molecule has 0 aromatic heterocycles. The largest absolute Gasteiger partial charge is 0.481 e. The first-order chi connectivity index (χ1) is 11.1. The van der Waals surface area contributed by atoms with E-state index >= 15 is 0 Å². The highest BCUT2D eigenvalue weighted by atomic mass is 16.4. The first kappa shape index (κ1) is 15.0. The van der Waals surface area contributed by atoms with Crippen molar-refractivity contribution in [2.45, 2.75) is 6.42 Å². The van der Waals surface area contributed by atoms with Crippen LogP contribution in [0.1, 0.15) is 22.3 Å². The van der Waals surface area contributed by atoms with Crippen molar-refractivity contribution >= 4 is 23.3 Å². The summed E-state index contributed by atoms with van der Waals surface area (Å²) in [7, 11) is 0. The predicted molar refractivity (Wildman–Crippen MR) is 84.4 cm³/mol. The molecule has 0 bridgehead atoms. The summed E-state index contributed by atoms with van der Waals surface area (Å²) in [5, 5.41) is 9.02. The summed E-state index contributed by atoms with van der Waals surface area (Å²) in [4.78, 5) is 36.7. The molecule has 116 valence electrons. The molecule has 0 saturated carbocycles. The van der Waals surface area contributed by atoms with Gasteiger partial charge in [0.1, 0.15) is 0 Å². The van der Waals surface area contributed by atoms with Crippen LogP contribution >= 0.6 is 0 Å². The number of aliphatic carboxylic acids is 1. The van der Waals surface area contributed by atoms with Gasteiger partial charge in [0.05, 0.1) is 5.92 Å². The molecule has 5 nitrogen and oxygen atoms in total. The Morgan fingerprint density at radius 2 is 1.57 bits per heavy atom. The third-order valence-electron chi connectivity index (χ3n) is 3.95. The molecule has 0 radical (unpaired) electrons. The van der Waals surface area contributed by atoms with Gasteiger partial charge in [0.15, 0.2) is 5.78 Å². The van der Waals surface area contributed by atoms with Crippen molar-refractivity contribution < 1.29 is 19.5 Å². The molecule has 3 rings (SSSR count). The highest BCUT2D eigenvalue weighted by molar-refractivity contribution is 6.09. The fourth-order valence-corrected chi connectivity index (χ4v) is 2.67. The van der Waals surface area contributed by atoms with Crippen LogP contribution in [0.2, 0.25) is 0 Å². The van der Waals surface area contributed by atoms with Crippen LogP contribution in [-0.4, -0.2) is 29.3 Å². The van der Waals surface area contributed by atoms with E-state index in [0.29, 0.717) is 16.8 Å². The Morgan fingerprint density at radius 1 is 0.957 bits per heavy atom. The number of rotatable bonds is 4. The van der Waals surface area contributed by atoms with Crippen LogP contribution in [0.4, 0.5) is 5.69 Å². The summed E-state index contributed by atoms with van der Waals surface area (Å²) < 4.78 is 0. The van der Waals surface area contributed by atoms with E-state index in [0.717, 1.165) is 0 Å². The monoisotopic (exact) mass is 309 g/mol. The Labute approximate surface area is 133 Å². The molecule has 1 aliphatic heterocycles. The Balaban J connectivity index is 1.79. The molecule has 5 heteroatoms. The number of hydrogen-bond acceptors (Lipinski definition) is 3. The highest BCUT2D eigenvalue weighted by Gasteiger charge is 2.35. The van der Waals surface area contributed by atoms with Crippen molar-refractivity contribution in [3.8, 4) is 0 Å². The molecule has 1 amide bonds. The maximum absolute atomic E-state index is 12.3. The molecule has 2 aromatic rings. The van der Waals surface area contributed by atoms with Gasteiger partial charge in [-0.1, -0.05) is 30.3 Å². The number of carboxylic acid groups (broad SMARTS) is 1. The van der Waals surface area contributed by atoms with Gasteiger partial charge in [0.25, 0.3) is 0 Å². The van der Waals surface area contributed by atoms with Crippen molar-refractivity contribution in [1.29, 1.82) is 0 Å². The minimum Gasteiger partial charge on any atom is -0.481 e. The van der Waals surface area contributed by atoms with E-state index in [1.165, 1.54) is 4.90 Å². The van der Waals surface area contributed by atoms with E-state index in [2.05, 4.69) is 0 Å². The van der Waals surface area contributed by atoms with Gasteiger partial charge in [-0.3, -0.25) is 14.4 Å². The van der Waals surface area contributed by atoms with E-state index in [1.54, 1.807) is 48.5 Å². The molecule has 0 spiro atoms. The van der Waals surface area contributed by atoms with Gasteiger partial charge in [-0.2, -0.15) is 0 Å². The number of amides is 1. The van der Waals surface area contributed by atoms with E-state index < -0.39 is 11.9 Å². The SMILES string of the molecule is O=C(c1ccccc1)c1ccc(N2CC(C(=O)O)CC2=O)cc1. The normalized spacial score (nSPS) is 17.3. The second kappa shape index (κ2) is 6.04. The Kier molecular flexibility index (Phi) is 3.93. The van der Waals surface area contributed by atoms with Crippen molar-refractivity contribution in [3.63, 3.8) is 0 Å². The highest BCUT2D eigenvalue weighted by Crippen LogP contribution is 2.26. The quantitative estimate of drug-likeness (QED) is 0.880. The molecule has 2 aromatic carbocycles. The number of benzene rings is 2. The molecule has 1 unspecified atom stereocenters. The standard InChI is InChI=1S/C18H15NO4/c20-16-10-14(18(22)23)11-19(16)15-8-6-13(7-9-15)17(21)12-4-2-1-3-5-12/h1-9,14H,10-11H2,(H,22,23). The topological polar surface area (TPSA) is 74.7 Å². The fourth-order valence-electron chi connectivity index (χ4n) is 2.67. The second-order valence-corrected chi connectivity index (χ2v) is 5.49. The molecule has 1 N–H and O–H groups in total. The molecule has 1 atom stereocenters. The molecule has 1 fully saturated rings. The van der Waals surface area contributed by atoms with Gasteiger partial charge < -0.3 is 10.0 Å². The van der Waals surface area contributed by atoms with Crippen LogP contribution in [0.25, 0.3) is 0 Å². The van der Waals surface area contributed by atoms with Gasteiger partial charge in [-0.25, -0.2) is 0 Å². The average molecular weight is 309 g/mol. The predicted octanol–water partition coefficient (Wildman–Crippen LogP) is 2.36. The summed E-state index contributed by atoms with van der Waals surface area (Å²) in [5.74, 6) is -1.93. The Hall–Kier alpha value is -2.95. The number of nitrogens with zero attached hydrogens (tertiary/aromatic N) is 1. The molecule has 23 heavy (non-hydrogen) atoms. The lowest BCUT2D eigenvalue weighted by Crippen LogP contribution is -2.25. The average Bonchev–Trinajstić information content (AvgIpc) is 2.97. The number of carbonyl (C=O) groups excluding carboxylic acids is 2. The maximum atomic E-state index is 12.3. The summed E-state index contributed by atoms with van der Waals surface area (Å²) in [5.41, 5.74) is 1.74. The minimum absolute atomic E-state index is 0.0139. The van der Waals surface area contributed by atoms with Gasteiger partial charge in [-0.05, 0) is 24.3 Å². The minimum atomic E-state index is -0.961. The first-order valence-corrected chi connectivity index (χ1v) is 7.29. The van der Waals surface area contributed by atoms with Gasteiger partial charge in [0.2, 0.25) is 5.91 Å². The number of carboxylic acids is 1. The van der Waals surface area contributed by atoms with Crippen LogP contribution in [0.3, 0.4) is 0 Å². The summed E-state index contributed by atoms with van der Waals surface area (Å²) in [6.07, 6.45) is 0.0139. The van der Waals surface area contributed by atoms with E-state index in [1.807, 2.05) is 6.07 Å². The lowest BCUT2D eigenvalue weighted by Gasteiger charge is -2.16. The van der Waals surface area contributed by atoms with Crippen LogP contribution in [0, 0.1) is 5.92 Å². The lowest BCUT2D eigenvalue weighted by atomic mass is 10.0. The number of ketones is 1. The molecule has 1 saturated heterocycles. The fraction of sp³-hybridized carbons (Fsp3) is 0.167. The first-order valence-electron chi connectivity index (χ1n) is 7.29. The molecule has 1 heterocycles. The third kappa shape index (κ3) is 2.99. The van der Waals surface area contributed by atoms with Gasteiger partial charge >= 0.3 is 5.97 Å². The Bertz CT molecular complexity index is 752. The maximum Gasteiger partial charge on any atom is 0.308 e. The van der Waals surface area contributed by atoms with Crippen molar-refractivity contribution in [3.05, 3.63) is 65.7 Å².